The second-order valence-electron chi connectivity index (χ2n) is 5.92. The van der Waals surface area contributed by atoms with Crippen molar-refractivity contribution in [2.24, 2.45) is 14.1 Å². The van der Waals surface area contributed by atoms with E-state index < -0.39 is 11.2 Å². The normalized spacial score (nSPS) is 11.2. The number of rotatable bonds is 5. The number of hydrogen-bond donors (Lipinski definition) is 1. The maximum atomic E-state index is 12.2. The highest BCUT2D eigenvalue weighted by Crippen LogP contribution is 2.09. The lowest BCUT2D eigenvalue weighted by atomic mass is 10.2. The number of furan rings is 1. The van der Waals surface area contributed by atoms with Crippen molar-refractivity contribution >= 4 is 17.1 Å². The maximum Gasteiger partial charge on any atom is 0.332 e. The lowest BCUT2D eigenvalue weighted by molar-refractivity contribution is -0.130. The first kappa shape index (κ1) is 16.7. The summed E-state index contributed by atoms with van der Waals surface area (Å²) in [5.74, 6) is 1.13. The highest BCUT2D eigenvalue weighted by molar-refractivity contribution is 5.76. The standard InChI is InChI=1S/C16H19N5O4/c1-19(9-10-5-4-8-25-10)12(22)7-6-11-17-13-14(18-11)20(2)16(24)21(3)15(13)23/h4-5,8H,6-7,9H2,1-3H3,(H,17,18). The van der Waals surface area contributed by atoms with Gasteiger partial charge in [0.2, 0.25) is 5.91 Å². The summed E-state index contributed by atoms with van der Waals surface area (Å²) in [6.45, 7) is 0.390. The molecule has 9 nitrogen and oxygen atoms in total. The lowest BCUT2D eigenvalue weighted by Gasteiger charge is -2.15. The minimum Gasteiger partial charge on any atom is -0.467 e. The van der Waals surface area contributed by atoms with Gasteiger partial charge in [0.1, 0.15) is 17.1 Å². The van der Waals surface area contributed by atoms with Crippen LogP contribution in [0.4, 0.5) is 0 Å². The molecule has 0 aliphatic carbocycles. The Hall–Kier alpha value is -3.10. The minimum atomic E-state index is -0.440. The van der Waals surface area contributed by atoms with Crippen molar-refractivity contribution in [2.45, 2.75) is 19.4 Å². The summed E-state index contributed by atoms with van der Waals surface area (Å²) in [5, 5.41) is 0. The fourth-order valence-electron chi connectivity index (χ4n) is 2.63. The average Bonchev–Trinajstić information content (AvgIpc) is 3.25. The molecule has 9 heteroatoms. The minimum absolute atomic E-state index is 0.0707. The number of aromatic amines is 1. The average molecular weight is 345 g/mol. The molecule has 1 amide bonds. The van der Waals surface area contributed by atoms with Gasteiger partial charge in [-0.2, -0.15) is 0 Å². The summed E-state index contributed by atoms with van der Waals surface area (Å²) in [7, 11) is 4.66. The Morgan fingerprint density at radius 2 is 2.08 bits per heavy atom. The topological polar surface area (TPSA) is 106 Å². The van der Waals surface area contributed by atoms with Gasteiger partial charge >= 0.3 is 5.69 Å². The van der Waals surface area contributed by atoms with E-state index in [0.29, 0.717) is 30.2 Å². The number of hydrogen-bond acceptors (Lipinski definition) is 5. The summed E-state index contributed by atoms with van der Waals surface area (Å²) in [6, 6.07) is 3.58. The quantitative estimate of drug-likeness (QED) is 0.708. The molecule has 3 aromatic heterocycles. The van der Waals surface area contributed by atoms with Gasteiger partial charge in [-0.25, -0.2) is 9.78 Å². The molecule has 0 unspecified atom stereocenters. The number of aromatic nitrogens is 4. The SMILES string of the molecule is CN(Cc1ccco1)C(=O)CCc1nc2c([nH]1)c(=O)n(C)c(=O)n2C. The van der Waals surface area contributed by atoms with Crippen molar-refractivity contribution in [3.8, 4) is 0 Å². The van der Waals surface area contributed by atoms with E-state index in [0.717, 1.165) is 4.57 Å². The second-order valence-corrected chi connectivity index (χ2v) is 5.92. The van der Waals surface area contributed by atoms with E-state index in [4.69, 9.17) is 4.42 Å². The zero-order chi connectivity index (χ0) is 18.1. The largest absolute Gasteiger partial charge is 0.467 e. The molecule has 0 aromatic carbocycles. The van der Waals surface area contributed by atoms with Crippen LogP contribution in [0.1, 0.15) is 18.0 Å². The molecule has 0 fully saturated rings. The third-order valence-corrected chi connectivity index (χ3v) is 4.12. The number of aryl methyl sites for hydroxylation is 2. The van der Waals surface area contributed by atoms with Crippen LogP contribution < -0.4 is 11.2 Å². The number of H-pyrrole nitrogens is 1. The van der Waals surface area contributed by atoms with Crippen molar-refractivity contribution < 1.29 is 9.21 Å². The highest BCUT2D eigenvalue weighted by atomic mass is 16.3. The van der Waals surface area contributed by atoms with E-state index in [1.807, 2.05) is 0 Å². The molecule has 3 heterocycles. The zero-order valence-electron chi connectivity index (χ0n) is 14.3. The third-order valence-electron chi connectivity index (χ3n) is 4.12. The predicted molar refractivity (Wildman–Crippen MR) is 90.1 cm³/mol. The summed E-state index contributed by atoms with van der Waals surface area (Å²) in [4.78, 5) is 45.0. The second kappa shape index (κ2) is 6.42. The van der Waals surface area contributed by atoms with E-state index in [1.54, 1.807) is 37.4 Å². The van der Waals surface area contributed by atoms with Crippen LogP contribution in [0.2, 0.25) is 0 Å². The monoisotopic (exact) mass is 345 g/mol. The number of nitrogens with zero attached hydrogens (tertiary/aromatic N) is 4. The van der Waals surface area contributed by atoms with Crippen molar-refractivity contribution in [1.29, 1.82) is 0 Å². The lowest BCUT2D eigenvalue weighted by Crippen LogP contribution is -2.36. The molecule has 3 aromatic rings. The van der Waals surface area contributed by atoms with E-state index in [1.165, 1.54) is 11.6 Å². The molecular formula is C16H19N5O4. The van der Waals surface area contributed by atoms with Crippen LogP contribution in [-0.2, 0) is 31.9 Å². The van der Waals surface area contributed by atoms with E-state index in [-0.39, 0.29) is 17.8 Å². The Labute approximate surface area is 142 Å². The first-order chi connectivity index (χ1) is 11.9. The molecule has 0 radical (unpaired) electrons. The van der Waals surface area contributed by atoms with Crippen molar-refractivity contribution in [2.75, 3.05) is 7.05 Å². The molecule has 1 N–H and O–H groups in total. The van der Waals surface area contributed by atoms with Crippen LogP contribution in [0.25, 0.3) is 11.2 Å². The maximum absolute atomic E-state index is 12.2. The summed E-state index contributed by atoms with van der Waals surface area (Å²) in [6.07, 6.45) is 2.13. The summed E-state index contributed by atoms with van der Waals surface area (Å²) >= 11 is 0. The van der Waals surface area contributed by atoms with Crippen molar-refractivity contribution in [1.82, 2.24) is 24.0 Å². The van der Waals surface area contributed by atoms with Crippen LogP contribution >= 0.6 is 0 Å². The molecule has 0 atom stereocenters. The first-order valence-electron chi connectivity index (χ1n) is 7.79. The Balaban J connectivity index is 1.74. The van der Waals surface area contributed by atoms with Gasteiger partial charge in [0.05, 0.1) is 12.8 Å². The van der Waals surface area contributed by atoms with Crippen LogP contribution in [0.3, 0.4) is 0 Å². The number of carbonyl (C=O) groups excluding carboxylic acids is 1. The Morgan fingerprint density at radius 1 is 1.32 bits per heavy atom. The Bertz CT molecular complexity index is 1030. The summed E-state index contributed by atoms with van der Waals surface area (Å²) < 4.78 is 7.55. The van der Waals surface area contributed by atoms with Gasteiger partial charge in [-0.3, -0.25) is 18.7 Å². The van der Waals surface area contributed by atoms with Gasteiger partial charge in [0.25, 0.3) is 5.56 Å². The molecule has 3 rings (SSSR count). The Morgan fingerprint density at radius 3 is 2.76 bits per heavy atom. The van der Waals surface area contributed by atoms with Crippen LogP contribution in [0.15, 0.2) is 32.4 Å². The molecule has 132 valence electrons. The van der Waals surface area contributed by atoms with Gasteiger partial charge in [0.15, 0.2) is 5.65 Å². The molecular weight excluding hydrogens is 326 g/mol. The molecule has 0 aliphatic rings. The Kier molecular flexibility index (Phi) is 4.30. The smallest absolute Gasteiger partial charge is 0.332 e. The fourth-order valence-corrected chi connectivity index (χ4v) is 2.63. The van der Waals surface area contributed by atoms with Crippen LogP contribution in [-0.4, -0.2) is 37.0 Å². The molecule has 0 saturated carbocycles. The van der Waals surface area contributed by atoms with Gasteiger partial charge < -0.3 is 14.3 Å². The molecule has 0 spiro atoms. The molecule has 0 saturated heterocycles. The number of nitrogens with one attached hydrogen (secondary N) is 1. The van der Waals surface area contributed by atoms with Gasteiger partial charge in [-0.15, -0.1) is 0 Å². The highest BCUT2D eigenvalue weighted by Gasteiger charge is 2.15. The van der Waals surface area contributed by atoms with Crippen molar-refractivity contribution in [3.05, 3.63) is 50.8 Å². The third kappa shape index (κ3) is 3.12. The summed E-state index contributed by atoms with van der Waals surface area (Å²) in [5.41, 5.74) is -0.321. The van der Waals surface area contributed by atoms with Crippen molar-refractivity contribution in [3.63, 3.8) is 0 Å². The molecule has 0 aliphatic heterocycles. The first-order valence-corrected chi connectivity index (χ1v) is 7.79. The number of amides is 1. The van der Waals surface area contributed by atoms with Crippen LogP contribution in [0, 0.1) is 0 Å². The fraction of sp³-hybridized carbons (Fsp3) is 0.375. The van der Waals surface area contributed by atoms with E-state index in [2.05, 4.69) is 9.97 Å². The van der Waals surface area contributed by atoms with E-state index >= 15 is 0 Å². The van der Waals surface area contributed by atoms with Gasteiger partial charge in [-0.1, -0.05) is 0 Å². The predicted octanol–water partition coefficient (Wildman–Crippen LogP) is 0.144. The molecule has 0 bridgehead atoms. The van der Waals surface area contributed by atoms with Crippen LogP contribution in [0.5, 0.6) is 0 Å². The van der Waals surface area contributed by atoms with Gasteiger partial charge in [0, 0.05) is 34.0 Å². The van der Waals surface area contributed by atoms with Gasteiger partial charge in [-0.05, 0) is 12.1 Å². The number of carbonyl (C=O) groups is 1. The zero-order valence-corrected chi connectivity index (χ0v) is 14.3. The number of imidazole rings is 1. The van der Waals surface area contributed by atoms with E-state index in [9.17, 15) is 14.4 Å². The number of fused-ring (bicyclic) bond motifs is 1. The molecule has 25 heavy (non-hydrogen) atoms.